The largest absolute Gasteiger partial charge is 0.397 e. The van der Waals surface area contributed by atoms with Crippen molar-refractivity contribution < 1.29 is 9.59 Å². The highest BCUT2D eigenvalue weighted by Gasteiger charge is 2.26. The van der Waals surface area contributed by atoms with Gasteiger partial charge in [-0.3, -0.25) is 14.6 Å². The number of nitrogens with one attached hydrogen (secondary N) is 1. The van der Waals surface area contributed by atoms with Gasteiger partial charge in [0, 0.05) is 5.69 Å². The molecule has 1 aromatic heterocycles. The molecule has 0 saturated heterocycles. The average Bonchev–Trinajstić information content (AvgIpc) is 2.48. The van der Waals surface area contributed by atoms with E-state index in [1.165, 1.54) is 11.1 Å². The highest BCUT2D eigenvalue weighted by Crippen LogP contribution is 2.29. The summed E-state index contributed by atoms with van der Waals surface area (Å²) in [4.78, 5) is 29.7. The third kappa shape index (κ3) is 2.69. The maximum Gasteiger partial charge on any atom is 0.244 e. The Bertz CT molecular complexity index is 697. The van der Waals surface area contributed by atoms with Gasteiger partial charge in [0.2, 0.25) is 11.8 Å². The molecular weight excluding hydrogens is 268 g/mol. The van der Waals surface area contributed by atoms with E-state index in [1.54, 1.807) is 18.2 Å². The molecular formula is C15H14N4O2. The topological polar surface area (TPSA) is 88.3 Å². The van der Waals surface area contributed by atoms with E-state index >= 15 is 0 Å². The summed E-state index contributed by atoms with van der Waals surface area (Å²) in [6, 6.07) is 10.6. The Morgan fingerprint density at radius 2 is 2.10 bits per heavy atom. The number of anilines is 3. The van der Waals surface area contributed by atoms with Crippen LogP contribution in [0.25, 0.3) is 0 Å². The number of nitrogens with zero attached hydrogens (tertiary/aromatic N) is 2. The van der Waals surface area contributed by atoms with Gasteiger partial charge >= 0.3 is 0 Å². The predicted molar refractivity (Wildman–Crippen MR) is 79.8 cm³/mol. The summed E-state index contributed by atoms with van der Waals surface area (Å²) in [6.07, 6.45) is 1.64. The summed E-state index contributed by atoms with van der Waals surface area (Å²) in [6.45, 7) is 0.0187. The molecule has 0 unspecified atom stereocenters. The summed E-state index contributed by atoms with van der Waals surface area (Å²) in [7, 11) is 0. The fourth-order valence-electron chi connectivity index (χ4n) is 2.25. The van der Waals surface area contributed by atoms with Gasteiger partial charge in [0.05, 0.1) is 29.7 Å². The molecule has 1 aromatic carbocycles. The van der Waals surface area contributed by atoms with Crippen LogP contribution in [0.3, 0.4) is 0 Å². The Labute approximate surface area is 121 Å². The van der Waals surface area contributed by atoms with E-state index in [0.29, 0.717) is 22.8 Å². The third-order valence-electron chi connectivity index (χ3n) is 3.25. The van der Waals surface area contributed by atoms with E-state index in [9.17, 15) is 9.59 Å². The number of amides is 2. The first-order chi connectivity index (χ1) is 10.1. The Morgan fingerprint density at radius 3 is 2.86 bits per heavy atom. The van der Waals surface area contributed by atoms with Gasteiger partial charge in [0.25, 0.3) is 0 Å². The highest BCUT2D eigenvalue weighted by molar-refractivity contribution is 6.10. The zero-order valence-corrected chi connectivity index (χ0v) is 11.2. The zero-order chi connectivity index (χ0) is 14.8. The average molecular weight is 282 g/mol. The summed E-state index contributed by atoms with van der Waals surface area (Å²) in [5, 5.41) is 2.75. The van der Waals surface area contributed by atoms with E-state index < -0.39 is 0 Å². The molecule has 3 rings (SSSR count). The molecule has 6 nitrogen and oxygen atoms in total. The van der Waals surface area contributed by atoms with E-state index in [-0.39, 0.29) is 24.8 Å². The number of rotatable bonds is 2. The maximum atomic E-state index is 12.4. The van der Waals surface area contributed by atoms with Crippen LogP contribution in [0, 0.1) is 0 Å². The number of fused-ring (bicyclic) bond motifs is 1. The standard InChI is InChI=1S/C15H14N4O2/c16-10-5-6-11(17-8-10)7-15(21)19-9-14(20)18-12-3-1-2-4-13(12)19/h1-6,8H,7,9,16H2,(H,18,20). The highest BCUT2D eigenvalue weighted by atomic mass is 16.2. The van der Waals surface area contributed by atoms with Crippen molar-refractivity contribution in [1.29, 1.82) is 0 Å². The van der Waals surface area contributed by atoms with Crippen molar-refractivity contribution in [2.24, 2.45) is 0 Å². The van der Waals surface area contributed by atoms with Gasteiger partial charge in [-0.25, -0.2) is 0 Å². The van der Waals surface area contributed by atoms with Crippen LogP contribution in [0.2, 0.25) is 0 Å². The number of nitrogen functional groups attached to an aromatic ring is 1. The van der Waals surface area contributed by atoms with Crippen molar-refractivity contribution in [3.8, 4) is 0 Å². The first-order valence-electron chi connectivity index (χ1n) is 6.53. The minimum atomic E-state index is -0.202. The summed E-state index contributed by atoms with van der Waals surface area (Å²) in [5.74, 6) is -0.373. The molecule has 21 heavy (non-hydrogen) atoms. The molecule has 0 aliphatic carbocycles. The second kappa shape index (κ2) is 5.24. The minimum Gasteiger partial charge on any atom is -0.397 e. The molecule has 2 amide bonds. The normalized spacial score (nSPS) is 13.5. The summed E-state index contributed by atoms with van der Waals surface area (Å²) >= 11 is 0. The SMILES string of the molecule is Nc1ccc(CC(=O)N2CC(=O)Nc3ccccc32)nc1. The molecule has 1 aliphatic heterocycles. The minimum absolute atomic E-state index is 0.0187. The van der Waals surface area contributed by atoms with Crippen molar-refractivity contribution in [2.75, 3.05) is 22.5 Å². The molecule has 0 saturated carbocycles. The van der Waals surface area contributed by atoms with Gasteiger partial charge in [-0.2, -0.15) is 0 Å². The molecule has 6 heteroatoms. The number of aromatic nitrogens is 1. The van der Waals surface area contributed by atoms with Crippen molar-refractivity contribution in [3.05, 3.63) is 48.3 Å². The van der Waals surface area contributed by atoms with Crippen LogP contribution in [0.5, 0.6) is 0 Å². The number of hydrogen-bond acceptors (Lipinski definition) is 4. The lowest BCUT2D eigenvalue weighted by atomic mass is 10.1. The van der Waals surface area contributed by atoms with Crippen molar-refractivity contribution in [1.82, 2.24) is 4.98 Å². The monoisotopic (exact) mass is 282 g/mol. The molecule has 0 atom stereocenters. The second-order valence-electron chi connectivity index (χ2n) is 4.80. The Morgan fingerprint density at radius 1 is 1.29 bits per heavy atom. The number of nitrogens with two attached hydrogens (primary N) is 1. The number of hydrogen-bond donors (Lipinski definition) is 2. The lowest BCUT2D eigenvalue weighted by Crippen LogP contribution is -2.42. The smallest absolute Gasteiger partial charge is 0.244 e. The van der Waals surface area contributed by atoms with Gasteiger partial charge in [-0.1, -0.05) is 12.1 Å². The second-order valence-corrected chi connectivity index (χ2v) is 4.80. The van der Waals surface area contributed by atoms with Crippen molar-refractivity contribution in [3.63, 3.8) is 0 Å². The zero-order valence-electron chi connectivity index (χ0n) is 11.2. The molecule has 2 heterocycles. The molecule has 1 aliphatic rings. The molecule has 0 spiro atoms. The predicted octanol–water partition coefficient (Wildman–Crippen LogP) is 1.19. The Hall–Kier alpha value is -2.89. The fourth-order valence-corrected chi connectivity index (χ4v) is 2.25. The molecule has 3 N–H and O–H groups in total. The molecule has 0 fully saturated rings. The number of carbonyl (C=O) groups excluding carboxylic acids is 2. The van der Waals surface area contributed by atoms with Gasteiger partial charge in [0.1, 0.15) is 6.54 Å². The first kappa shape index (κ1) is 13.1. The summed E-state index contributed by atoms with van der Waals surface area (Å²) in [5.41, 5.74) is 8.10. The maximum absolute atomic E-state index is 12.4. The molecule has 0 bridgehead atoms. The number of para-hydroxylation sites is 2. The quantitative estimate of drug-likeness (QED) is 0.866. The molecule has 2 aromatic rings. The third-order valence-corrected chi connectivity index (χ3v) is 3.25. The van der Waals surface area contributed by atoms with E-state index in [2.05, 4.69) is 10.3 Å². The van der Waals surface area contributed by atoms with E-state index in [0.717, 1.165) is 0 Å². The summed E-state index contributed by atoms with van der Waals surface area (Å²) < 4.78 is 0. The molecule has 106 valence electrons. The van der Waals surface area contributed by atoms with E-state index in [4.69, 9.17) is 5.73 Å². The lowest BCUT2D eigenvalue weighted by Gasteiger charge is -2.29. The number of carbonyl (C=O) groups is 2. The van der Waals surface area contributed by atoms with Crippen LogP contribution in [0.1, 0.15) is 5.69 Å². The van der Waals surface area contributed by atoms with Crippen LogP contribution in [0.15, 0.2) is 42.6 Å². The Balaban J connectivity index is 1.84. The van der Waals surface area contributed by atoms with Crippen LogP contribution < -0.4 is 16.0 Å². The van der Waals surface area contributed by atoms with Crippen LogP contribution in [-0.4, -0.2) is 23.3 Å². The van der Waals surface area contributed by atoms with Crippen LogP contribution in [-0.2, 0) is 16.0 Å². The van der Waals surface area contributed by atoms with Crippen molar-refractivity contribution in [2.45, 2.75) is 6.42 Å². The lowest BCUT2D eigenvalue weighted by molar-refractivity contribution is -0.121. The van der Waals surface area contributed by atoms with Gasteiger partial charge in [-0.15, -0.1) is 0 Å². The van der Waals surface area contributed by atoms with Crippen molar-refractivity contribution >= 4 is 28.9 Å². The number of pyridine rings is 1. The molecule has 0 radical (unpaired) electrons. The van der Waals surface area contributed by atoms with E-state index in [1.807, 2.05) is 18.2 Å². The van der Waals surface area contributed by atoms with Gasteiger partial charge < -0.3 is 16.0 Å². The van der Waals surface area contributed by atoms with Crippen LogP contribution >= 0.6 is 0 Å². The Kier molecular flexibility index (Phi) is 3.27. The fraction of sp³-hybridized carbons (Fsp3) is 0.133. The first-order valence-corrected chi connectivity index (χ1v) is 6.53. The number of benzene rings is 1. The van der Waals surface area contributed by atoms with Gasteiger partial charge in [-0.05, 0) is 24.3 Å². The van der Waals surface area contributed by atoms with Gasteiger partial charge in [0.15, 0.2) is 0 Å². The van der Waals surface area contributed by atoms with Crippen LogP contribution in [0.4, 0.5) is 17.1 Å².